The molecule has 2 aromatic carbocycles. The SMILES string of the molecule is COCCCNC(=O)c1ccc(S(=O)(=O)Nc2ccc(C(C)C)cc2)cc1. The minimum atomic E-state index is -3.71. The van der Waals surface area contributed by atoms with Gasteiger partial charge in [-0.3, -0.25) is 9.52 Å². The minimum absolute atomic E-state index is 0.103. The van der Waals surface area contributed by atoms with Crippen molar-refractivity contribution in [3.63, 3.8) is 0 Å². The van der Waals surface area contributed by atoms with E-state index in [1.165, 1.54) is 24.3 Å². The normalized spacial score (nSPS) is 11.4. The third-order valence-electron chi connectivity index (χ3n) is 4.07. The van der Waals surface area contributed by atoms with Gasteiger partial charge in [0.2, 0.25) is 0 Å². The van der Waals surface area contributed by atoms with Crippen molar-refractivity contribution in [3.8, 4) is 0 Å². The molecule has 27 heavy (non-hydrogen) atoms. The molecular formula is C20H26N2O4S. The van der Waals surface area contributed by atoms with E-state index in [1.54, 1.807) is 19.2 Å². The van der Waals surface area contributed by atoms with Gasteiger partial charge in [0.05, 0.1) is 4.90 Å². The zero-order valence-electron chi connectivity index (χ0n) is 15.9. The molecule has 1 amide bonds. The lowest BCUT2D eigenvalue weighted by molar-refractivity contribution is 0.0948. The lowest BCUT2D eigenvalue weighted by atomic mass is 10.0. The smallest absolute Gasteiger partial charge is 0.261 e. The molecule has 7 heteroatoms. The number of benzene rings is 2. The molecule has 146 valence electrons. The maximum absolute atomic E-state index is 12.5. The number of sulfonamides is 1. The molecule has 0 aromatic heterocycles. The fourth-order valence-corrected chi connectivity index (χ4v) is 3.51. The molecule has 0 spiro atoms. The zero-order valence-corrected chi connectivity index (χ0v) is 16.7. The first-order chi connectivity index (χ1) is 12.8. The Morgan fingerprint density at radius 2 is 1.67 bits per heavy atom. The van der Waals surface area contributed by atoms with E-state index in [1.807, 2.05) is 12.1 Å². The number of carbonyl (C=O) groups is 1. The number of hydrogen-bond acceptors (Lipinski definition) is 4. The summed E-state index contributed by atoms with van der Waals surface area (Å²) in [6.45, 7) is 5.23. The Labute approximate surface area is 161 Å². The van der Waals surface area contributed by atoms with Gasteiger partial charge in [-0.25, -0.2) is 8.42 Å². The van der Waals surface area contributed by atoms with E-state index in [9.17, 15) is 13.2 Å². The zero-order chi connectivity index (χ0) is 19.9. The van der Waals surface area contributed by atoms with Gasteiger partial charge in [-0.1, -0.05) is 26.0 Å². The Kier molecular flexibility index (Phi) is 7.38. The number of nitrogens with one attached hydrogen (secondary N) is 2. The summed E-state index contributed by atoms with van der Waals surface area (Å²) in [7, 11) is -2.11. The van der Waals surface area contributed by atoms with E-state index >= 15 is 0 Å². The molecule has 0 aliphatic carbocycles. The fourth-order valence-electron chi connectivity index (χ4n) is 2.46. The van der Waals surface area contributed by atoms with Crippen LogP contribution in [0, 0.1) is 0 Å². The second-order valence-corrected chi connectivity index (χ2v) is 8.19. The van der Waals surface area contributed by atoms with Crippen molar-refractivity contribution >= 4 is 21.6 Å². The molecule has 0 saturated carbocycles. The van der Waals surface area contributed by atoms with Crippen molar-refractivity contribution in [1.82, 2.24) is 5.32 Å². The van der Waals surface area contributed by atoms with Crippen LogP contribution >= 0.6 is 0 Å². The Balaban J connectivity index is 2.02. The highest BCUT2D eigenvalue weighted by molar-refractivity contribution is 7.92. The molecule has 2 aromatic rings. The average Bonchev–Trinajstić information content (AvgIpc) is 2.65. The number of anilines is 1. The summed E-state index contributed by atoms with van der Waals surface area (Å²) in [6, 6.07) is 13.1. The summed E-state index contributed by atoms with van der Waals surface area (Å²) in [5.74, 6) is 0.135. The third-order valence-corrected chi connectivity index (χ3v) is 5.46. The standard InChI is InChI=1S/C20H26N2O4S/c1-15(2)16-5-9-18(10-6-16)22-27(24,25)19-11-7-17(8-12-19)20(23)21-13-4-14-26-3/h5-12,15,22H,4,13-14H2,1-3H3,(H,21,23). The molecule has 0 radical (unpaired) electrons. The topological polar surface area (TPSA) is 84.5 Å². The molecule has 0 heterocycles. The number of carbonyl (C=O) groups excluding carboxylic acids is 1. The van der Waals surface area contributed by atoms with E-state index in [2.05, 4.69) is 23.9 Å². The third kappa shape index (κ3) is 6.08. The van der Waals surface area contributed by atoms with Crippen molar-refractivity contribution in [2.75, 3.05) is 25.0 Å². The van der Waals surface area contributed by atoms with Crippen molar-refractivity contribution in [1.29, 1.82) is 0 Å². The van der Waals surface area contributed by atoms with Crippen molar-refractivity contribution < 1.29 is 17.9 Å². The van der Waals surface area contributed by atoms with Crippen LogP contribution in [-0.2, 0) is 14.8 Å². The predicted molar refractivity (Wildman–Crippen MR) is 107 cm³/mol. The first kappa shape index (κ1) is 20.9. The molecular weight excluding hydrogens is 364 g/mol. The Bertz CT molecular complexity index is 845. The largest absolute Gasteiger partial charge is 0.385 e. The first-order valence-electron chi connectivity index (χ1n) is 8.83. The quantitative estimate of drug-likeness (QED) is 0.643. The average molecular weight is 391 g/mol. The Morgan fingerprint density at radius 3 is 2.22 bits per heavy atom. The van der Waals surface area contributed by atoms with E-state index in [-0.39, 0.29) is 10.8 Å². The lowest BCUT2D eigenvalue weighted by Gasteiger charge is -2.11. The van der Waals surface area contributed by atoms with E-state index < -0.39 is 10.0 Å². The summed E-state index contributed by atoms with van der Waals surface area (Å²) in [5, 5.41) is 2.76. The summed E-state index contributed by atoms with van der Waals surface area (Å²) >= 11 is 0. The van der Waals surface area contributed by atoms with Gasteiger partial charge in [-0.05, 0) is 54.3 Å². The molecule has 2 N–H and O–H groups in total. The molecule has 0 saturated heterocycles. The van der Waals surface area contributed by atoms with Crippen LogP contribution in [0.1, 0.15) is 42.1 Å². The molecule has 0 bridgehead atoms. The molecule has 2 rings (SSSR count). The van der Waals surface area contributed by atoms with Crippen molar-refractivity contribution in [3.05, 3.63) is 59.7 Å². The summed E-state index contributed by atoms with van der Waals surface area (Å²) in [5.41, 5.74) is 2.05. The van der Waals surface area contributed by atoms with Crippen LogP contribution in [0.4, 0.5) is 5.69 Å². The van der Waals surface area contributed by atoms with Crippen LogP contribution in [0.3, 0.4) is 0 Å². The maximum Gasteiger partial charge on any atom is 0.261 e. The second kappa shape index (κ2) is 9.53. The summed E-state index contributed by atoms with van der Waals surface area (Å²) < 4.78 is 32.5. The highest BCUT2D eigenvalue weighted by Gasteiger charge is 2.15. The van der Waals surface area contributed by atoms with Crippen molar-refractivity contribution in [2.45, 2.75) is 31.1 Å². The van der Waals surface area contributed by atoms with Crippen molar-refractivity contribution in [2.24, 2.45) is 0 Å². The van der Waals surface area contributed by atoms with Crippen LogP contribution in [0.15, 0.2) is 53.4 Å². The molecule has 0 unspecified atom stereocenters. The predicted octanol–water partition coefficient (Wildman–Crippen LogP) is 3.38. The number of ether oxygens (including phenoxy) is 1. The monoisotopic (exact) mass is 390 g/mol. The van der Waals surface area contributed by atoms with Gasteiger partial charge in [-0.15, -0.1) is 0 Å². The summed E-state index contributed by atoms with van der Waals surface area (Å²) in [4.78, 5) is 12.1. The number of hydrogen-bond donors (Lipinski definition) is 2. The van der Waals surface area contributed by atoms with Gasteiger partial charge < -0.3 is 10.1 Å². The fraction of sp³-hybridized carbons (Fsp3) is 0.350. The highest BCUT2D eigenvalue weighted by Crippen LogP contribution is 2.20. The van der Waals surface area contributed by atoms with Gasteiger partial charge in [-0.2, -0.15) is 0 Å². The molecule has 0 aliphatic heterocycles. The van der Waals surface area contributed by atoms with Gasteiger partial charge in [0, 0.05) is 31.5 Å². The van der Waals surface area contributed by atoms with E-state index in [0.29, 0.717) is 36.7 Å². The van der Waals surface area contributed by atoms with E-state index in [4.69, 9.17) is 4.74 Å². The summed E-state index contributed by atoms with van der Waals surface area (Å²) in [6.07, 6.45) is 0.716. The van der Waals surface area contributed by atoms with Gasteiger partial charge in [0.25, 0.3) is 15.9 Å². The van der Waals surface area contributed by atoms with Crippen LogP contribution < -0.4 is 10.0 Å². The first-order valence-corrected chi connectivity index (χ1v) is 10.3. The number of amides is 1. The van der Waals surface area contributed by atoms with Crippen LogP contribution in [0.5, 0.6) is 0 Å². The molecule has 0 atom stereocenters. The van der Waals surface area contributed by atoms with Gasteiger partial charge in [0.1, 0.15) is 0 Å². The molecule has 0 fully saturated rings. The highest BCUT2D eigenvalue weighted by atomic mass is 32.2. The molecule has 0 aliphatic rings. The van der Waals surface area contributed by atoms with Gasteiger partial charge >= 0.3 is 0 Å². The Hall–Kier alpha value is -2.38. The number of rotatable bonds is 9. The van der Waals surface area contributed by atoms with E-state index in [0.717, 1.165) is 5.56 Å². The maximum atomic E-state index is 12.5. The van der Waals surface area contributed by atoms with Crippen LogP contribution in [-0.4, -0.2) is 34.6 Å². The second-order valence-electron chi connectivity index (χ2n) is 6.51. The van der Waals surface area contributed by atoms with Crippen LogP contribution in [0.2, 0.25) is 0 Å². The lowest BCUT2D eigenvalue weighted by Crippen LogP contribution is -2.25. The Morgan fingerprint density at radius 1 is 1.04 bits per heavy atom. The minimum Gasteiger partial charge on any atom is -0.385 e. The van der Waals surface area contributed by atoms with Gasteiger partial charge in [0.15, 0.2) is 0 Å². The number of methoxy groups -OCH3 is 1. The van der Waals surface area contributed by atoms with Crippen LogP contribution in [0.25, 0.3) is 0 Å². The molecule has 6 nitrogen and oxygen atoms in total.